The number of esters is 1. The van der Waals surface area contributed by atoms with Gasteiger partial charge in [-0.25, -0.2) is 4.79 Å². The highest BCUT2D eigenvalue weighted by atomic mass is 16.6. The van der Waals surface area contributed by atoms with Crippen molar-refractivity contribution in [1.29, 1.82) is 0 Å². The van der Waals surface area contributed by atoms with E-state index in [4.69, 9.17) is 9.47 Å². The third-order valence-corrected chi connectivity index (χ3v) is 3.23. The van der Waals surface area contributed by atoms with Crippen molar-refractivity contribution in [2.24, 2.45) is 0 Å². The van der Waals surface area contributed by atoms with E-state index in [1.807, 2.05) is 0 Å². The molecule has 0 saturated carbocycles. The normalized spacial score (nSPS) is 14.7. The van der Waals surface area contributed by atoms with Crippen LogP contribution in [0.1, 0.15) is 5.56 Å². The van der Waals surface area contributed by atoms with Crippen LogP contribution in [0.25, 0.3) is 6.08 Å². The van der Waals surface area contributed by atoms with Gasteiger partial charge in [-0.15, -0.1) is 0 Å². The van der Waals surface area contributed by atoms with Crippen molar-refractivity contribution in [2.75, 3.05) is 32.9 Å². The van der Waals surface area contributed by atoms with Gasteiger partial charge in [-0.05, 0) is 12.1 Å². The largest absolute Gasteiger partial charge is 0.452 e. The number of morpholine rings is 1. The van der Waals surface area contributed by atoms with Crippen molar-refractivity contribution in [3.63, 3.8) is 0 Å². The zero-order valence-corrected chi connectivity index (χ0v) is 12.3. The minimum absolute atomic E-state index is 0.110. The molecule has 1 fully saturated rings. The van der Waals surface area contributed by atoms with E-state index >= 15 is 0 Å². The average Bonchev–Trinajstić information content (AvgIpc) is 2.58. The number of hydrogen-bond acceptors (Lipinski definition) is 6. The number of rotatable bonds is 5. The molecule has 23 heavy (non-hydrogen) atoms. The van der Waals surface area contributed by atoms with Gasteiger partial charge in [0.1, 0.15) is 0 Å². The molecule has 8 nitrogen and oxygen atoms in total. The fourth-order valence-electron chi connectivity index (χ4n) is 2.04. The molecule has 0 bridgehead atoms. The Kier molecular flexibility index (Phi) is 5.81. The molecule has 122 valence electrons. The Balaban J connectivity index is 1.87. The van der Waals surface area contributed by atoms with Crippen LogP contribution in [-0.2, 0) is 19.1 Å². The lowest BCUT2D eigenvalue weighted by Crippen LogP contribution is -2.42. The number of hydrogen-bond donors (Lipinski definition) is 0. The van der Waals surface area contributed by atoms with Crippen LogP contribution in [0.2, 0.25) is 0 Å². The number of benzene rings is 1. The Hall–Kier alpha value is -2.74. The van der Waals surface area contributed by atoms with Crippen LogP contribution in [0.5, 0.6) is 0 Å². The minimum atomic E-state index is -0.732. The molecule has 8 heteroatoms. The average molecular weight is 320 g/mol. The van der Waals surface area contributed by atoms with Crippen LogP contribution >= 0.6 is 0 Å². The molecule has 0 atom stereocenters. The van der Waals surface area contributed by atoms with Crippen LogP contribution in [0.3, 0.4) is 0 Å². The number of carbonyl (C=O) groups is 2. The Labute approximate surface area is 132 Å². The Bertz CT molecular complexity index is 622. The summed E-state index contributed by atoms with van der Waals surface area (Å²) >= 11 is 0. The molecular weight excluding hydrogens is 304 g/mol. The lowest BCUT2D eigenvalue weighted by molar-refractivity contribution is -0.385. The SMILES string of the molecule is O=C(/C=C/c1ccccc1[N+](=O)[O-])OCC(=O)N1CCOCC1. The van der Waals surface area contributed by atoms with Gasteiger partial charge >= 0.3 is 5.97 Å². The summed E-state index contributed by atoms with van der Waals surface area (Å²) in [6, 6.07) is 6.02. The molecule has 1 aromatic carbocycles. The maximum Gasteiger partial charge on any atom is 0.331 e. The first-order valence-electron chi connectivity index (χ1n) is 7.01. The summed E-state index contributed by atoms with van der Waals surface area (Å²) in [5.41, 5.74) is 0.176. The molecule has 0 radical (unpaired) electrons. The number of nitro groups is 1. The molecule has 1 aliphatic heterocycles. The van der Waals surface area contributed by atoms with Crippen LogP contribution in [0.4, 0.5) is 5.69 Å². The summed E-state index contributed by atoms with van der Waals surface area (Å²) in [5.74, 6) is -1.02. The van der Waals surface area contributed by atoms with Gasteiger partial charge in [0.15, 0.2) is 6.61 Å². The molecule has 0 aromatic heterocycles. The first kappa shape index (κ1) is 16.6. The van der Waals surface area contributed by atoms with Crippen molar-refractivity contribution < 1.29 is 24.0 Å². The number of nitrogens with zero attached hydrogens (tertiary/aromatic N) is 2. The molecule has 0 spiro atoms. The molecule has 0 unspecified atom stereocenters. The summed E-state index contributed by atoms with van der Waals surface area (Å²) < 4.78 is 9.98. The lowest BCUT2D eigenvalue weighted by Gasteiger charge is -2.26. The topological polar surface area (TPSA) is 99.0 Å². The van der Waals surface area contributed by atoms with E-state index in [-0.39, 0.29) is 23.8 Å². The second kappa shape index (κ2) is 8.04. The Morgan fingerprint density at radius 2 is 2.00 bits per heavy atom. The van der Waals surface area contributed by atoms with Crippen molar-refractivity contribution in [3.05, 3.63) is 46.0 Å². The monoisotopic (exact) mass is 320 g/mol. The van der Waals surface area contributed by atoms with E-state index in [9.17, 15) is 19.7 Å². The summed E-state index contributed by atoms with van der Waals surface area (Å²) in [5, 5.41) is 10.9. The van der Waals surface area contributed by atoms with Crippen molar-refractivity contribution in [2.45, 2.75) is 0 Å². The van der Waals surface area contributed by atoms with Crippen molar-refractivity contribution in [1.82, 2.24) is 4.90 Å². The van der Waals surface area contributed by atoms with E-state index in [2.05, 4.69) is 0 Å². The van der Waals surface area contributed by atoms with Gasteiger partial charge in [0, 0.05) is 25.2 Å². The van der Waals surface area contributed by atoms with Gasteiger partial charge in [0.25, 0.3) is 11.6 Å². The zero-order valence-electron chi connectivity index (χ0n) is 12.3. The van der Waals surface area contributed by atoms with E-state index in [0.29, 0.717) is 26.3 Å². The number of carbonyl (C=O) groups excluding carboxylic acids is 2. The molecule has 1 saturated heterocycles. The van der Waals surface area contributed by atoms with Crippen molar-refractivity contribution >= 4 is 23.6 Å². The summed E-state index contributed by atoms with van der Waals surface area (Å²) in [7, 11) is 0. The van der Waals surface area contributed by atoms with E-state index in [0.717, 1.165) is 6.08 Å². The number of ether oxygens (including phenoxy) is 2. The van der Waals surface area contributed by atoms with Gasteiger partial charge in [-0.1, -0.05) is 12.1 Å². The third-order valence-electron chi connectivity index (χ3n) is 3.23. The first-order chi connectivity index (χ1) is 11.1. The molecule has 1 heterocycles. The molecule has 1 amide bonds. The molecule has 0 aliphatic carbocycles. The molecule has 0 N–H and O–H groups in total. The van der Waals surface area contributed by atoms with E-state index in [1.54, 1.807) is 11.0 Å². The predicted molar refractivity (Wildman–Crippen MR) is 80.5 cm³/mol. The fourth-order valence-corrected chi connectivity index (χ4v) is 2.04. The van der Waals surface area contributed by atoms with Crippen LogP contribution in [-0.4, -0.2) is 54.6 Å². The Morgan fingerprint density at radius 1 is 1.30 bits per heavy atom. The maximum atomic E-state index is 11.8. The van der Waals surface area contributed by atoms with Gasteiger partial charge < -0.3 is 14.4 Å². The maximum absolute atomic E-state index is 11.8. The van der Waals surface area contributed by atoms with Gasteiger partial charge in [0.2, 0.25) is 0 Å². The lowest BCUT2D eigenvalue weighted by atomic mass is 10.1. The summed E-state index contributed by atoms with van der Waals surface area (Å²) in [6.45, 7) is 1.53. The predicted octanol–water partition coefficient (Wildman–Crippen LogP) is 1.01. The smallest absolute Gasteiger partial charge is 0.331 e. The number of para-hydroxylation sites is 1. The fraction of sp³-hybridized carbons (Fsp3) is 0.333. The second-order valence-electron chi connectivity index (χ2n) is 4.75. The highest BCUT2D eigenvalue weighted by Crippen LogP contribution is 2.18. The zero-order chi connectivity index (χ0) is 16.7. The van der Waals surface area contributed by atoms with Crippen LogP contribution in [0.15, 0.2) is 30.3 Å². The molecular formula is C15H16N2O6. The first-order valence-corrected chi connectivity index (χ1v) is 7.01. The van der Waals surface area contributed by atoms with Crippen LogP contribution in [0, 0.1) is 10.1 Å². The van der Waals surface area contributed by atoms with Gasteiger partial charge in [-0.3, -0.25) is 14.9 Å². The number of nitro benzene ring substituents is 1. The minimum Gasteiger partial charge on any atom is -0.452 e. The molecule has 2 rings (SSSR count). The van der Waals surface area contributed by atoms with Gasteiger partial charge in [-0.2, -0.15) is 0 Å². The van der Waals surface area contributed by atoms with E-state index < -0.39 is 10.9 Å². The highest BCUT2D eigenvalue weighted by molar-refractivity contribution is 5.89. The standard InChI is InChI=1S/C15H16N2O6/c18-14(16-7-9-22-10-8-16)11-23-15(19)6-5-12-3-1-2-4-13(12)17(20)21/h1-6H,7-11H2/b6-5+. The summed E-state index contributed by atoms with van der Waals surface area (Å²) in [4.78, 5) is 35.3. The second-order valence-corrected chi connectivity index (χ2v) is 4.75. The quantitative estimate of drug-likeness (QED) is 0.347. The third kappa shape index (κ3) is 4.89. The highest BCUT2D eigenvalue weighted by Gasteiger charge is 2.17. The van der Waals surface area contributed by atoms with Crippen LogP contribution < -0.4 is 0 Å². The summed E-state index contributed by atoms with van der Waals surface area (Å²) in [6.07, 6.45) is 2.36. The Morgan fingerprint density at radius 3 is 2.70 bits per heavy atom. The van der Waals surface area contributed by atoms with E-state index in [1.165, 1.54) is 24.3 Å². The van der Waals surface area contributed by atoms with Gasteiger partial charge in [0.05, 0.1) is 23.7 Å². The molecule has 1 aromatic rings. The van der Waals surface area contributed by atoms with Crippen molar-refractivity contribution in [3.8, 4) is 0 Å². The molecule has 1 aliphatic rings. The number of amides is 1.